The third kappa shape index (κ3) is 2.59. The van der Waals surface area contributed by atoms with Gasteiger partial charge in [-0.25, -0.2) is 4.98 Å². The summed E-state index contributed by atoms with van der Waals surface area (Å²) in [4.78, 5) is 32.2. The smallest absolute Gasteiger partial charge is 0.252 e. The number of aryl methyl sites for hydroxylation is 1. The maximum absolute atomic E-state index is 12.8. The fraction of sp³-hybridized carbons (Fsp3) is 0.235. The lowest BCUT2D eigenvalue weighted by atomic mass is 10.1. The summed E-state index contributed by atoms with van der Waals surface area (Å²) in [6, 6.07) is 11.2. The Hall–Kier alpha value is -2.34. The molecular weight excluding hydrogens is 310 g/mol. The van der Waals surface area contributed by atoms with Gasteiger partial charge in [0.1, 0.15) is 5.82 Å². The molecule has 2 amide bonds. The number of carbonyl (C=O) groups is 2. The third-order valence-electron chi connectivity index (χ3n) is 3.93. The summed E-state index contributed by atoms with van der Waals surface area (Å²) in [7, 11) is 1.69. The number of hydrogen-bond acceptors (Lipinski definition) is 4. The number of benzene rings is 1. The molecule has 0 bridgehead atoms. The van der Waals surface area contributed by atoms with Crippen molar-refractivity contribution in [2.24, 2.45) is 0 Å². The number of pyridine rings is 1. The van der Waals surface area contributed by atoms with Crippen LogP contribution in [0.2, 0.25) is 0 Å². The second-order valence-electron chi connectivity index (χ2n) is 5.59. The average molecular weight is 327 g/mol. The monoisotopic (exact) mass is 327 g/mol. The van der Waals surface area contributed by atoms with Crippen LogP contribution in [0.3, 0.4) is 0 Å². The van der Waals surface area contributed by atoms with Crippen LogP contribution in [0.5, 0.6) is 0 Å². The van der Waals surface area contributed by atoms with Gasteiger partial charge in [-0.1, -0.05) is 30.0 Å². The molecular formula is C17H17N3O2S. The van der Waals surface area contributed by atoms with Crippen molar-refractivity contribution in [3.05, 3.63) is 48.2 Å². The molecule has 0 aliphatic carbocycles. The molecule has 0 radical (unpaired) electrons. The topological polar surface area (TPSA) is 62.3 Å². The highest BCUT2D eigenvalue weighted by Gasteiger charge is 2.48. The van der Waals surface area contributed by atoms with E-state index in [0.717, 1.165) is 16.1 Å². The number of amides is 2. The van der Waals surface area contributed by atoms with E-state index in [1.54, 1.807) is 26.2 Å². The molecule has 0 fully saturated rings. The Balaban J connectivity index is 1.94. The van der Waals surface area contributed by atoms with Crippen LogP contribution in [0.15, 0.2) is 47.5 Å². The van der Waals surface area contributed by atoms with Gasteiger partial charge in [0.25, 0.3) is 11.8 Å². The first-order valence-electron chi connectivity index (χ1n) is 7.23. The minimum Gasteiger partial charge on any atom is -0.313 e. The molecule has 5 nitrogen and oxygen atoms in total. The van der Waals surface area contributed by atoms with Crippen molar-refractivity contribution in [3.8, 4) is 0 Å². The normalized spacial score (nSPS) is 20.1. The predicted molar refractivity (Wildman–Crippen MR) is 91.7 cm³/mol. The van der Waals surface area contributed by atoms with Crippen molar-refractivity contribution in [2.75, 3.05) is 17.3 Å². The van der Waals surface area contributed by atoms with E-state index in [2.05, 4.69) is 10.3 Å². The maximum atomic E-state index is 12.8. The second-order valence-corrected chi connectivity index (χ2v) is 7.05. The first-order valence-corrected chi connectivity index (χ1v) is 8.04. The zero-order valence-electron chi connectivity index (χ0n) is 13.2. The van der Waals surface area contributed by atoms with Crippen molar-refractivity contribution in [1.82, 2.24) is 4.98 Å². The molecule has 3 rings (SSSR count). The summed E-state index contributed by atoms with van der Waals surface area (Å²) < 4.78 is -1.23. The predicted octanol–water partition coefficient (Wildman–Crippen LogP) is 2.86. The van der Waals surface area contributed by atoms with Gasteiger partial charge in [-0.05, 0) is 37.6 Å². The first-order chi connectivity index (χ1) is 10.9. The number of rotatable bonds is 2. The zero-order valence-corrected chi connectivity index (χ0v) is 14.0. The molecule has 1 aliphatic rings. The van der Waals surface area contributed by atoms with Crippen LogP contribution in [0.1, 0.15) is 12.5 Å². The number of nitrogens with one attached hydrogen (secondary N) is 1. The van der Waals surface area contributed by atoms with E-state index < -0.39 is 4.75 Å². The summed E-state index contributed by atoms with van der Waals surface area (Å²) in [6.45, 7) is 3.52. The van der Waals surface area contributed by atoms with Crippen LogP contribution in [-0.4, -0.2) is 28.6 Å². The van der Waals surface area contributed by atoms with E-state index in [1.165, 1.54) is 16.7 Å². The highest BCUT2D eigenvalue weighted by molar-refractivity contribution is 8.02. The Kier molecular flexibility index (Phi) is 3.85. The highest BCUT2D eigenvalue weighted by atomic mass is 32.2. The van der Waals surface area contributed by atoms with Gasteiger partial charge in [0.15, 0.2) is 4.75 Å². The van der Waals surface area contributed by atoms with Gasteiger partial charge in [0.2, 0.25) is 0 Å². The van der Waals surface area contributed by atoms with Crippen LogP contribution in [0, 0.1) is 6.92 Å². The molecule has 2 aromatic rings. The van der Waals surface area contributed by atoms with Crippen LogP contribution in [0.25, 0.3) is 0 Å². The standard InChI is InChI=1S/C17H17N3O2S/c1-11-7-6-10-18-14(11)19-15(21)17(2)16(22)20(3)12-8-4-5-9-13(12)23-17/h4-10H,1-3H3,(H,18,19,21). The molecule has 118 valence electrons. The van der Waals surface area contributed by atoms with E-state index in [0.29, 0.717) is 5.82 Å². The number of anilines is 2. The maximum Gasteiger partial charge on any atom is 0.252 e. The molecule has 0 spiro atoms. The average Bonchev–Trinajstić information content (AvgIpc) is 2.55. The number of thioether (sulfide) groups is 1. The minimum atomic E-state index is -1.23. The molecule has 6 heteroatoms. The SMILES string of the molecule is Cc1cccnc1NC(=O)C1(C)Sc2ccccc2N(C)C1=O. The fourth-order valence-electron chi connectivity index (χ4n) is 2.50. The number of hydrogen-bond donors (Lipinski definition) is 1. The molecule has 1 atom stereocenters. The van der Waals surface area contributed by atoms with E-state index >= 15 is 0 Å². The summed E-state index contributed by atoms with van der Waals surface area (Å²) in [5, 5.41) is 2.78. The van der Waals surface area contributed by atoms with Gasteiger partial charge >= 0.3 is 0 Å². The van der Waals surface area contributed by atoms with Crippen molar-refractivity contribution < 1.29 is 9.59 Å². The van der Waals surface area contributed by atoms with Crippen LogP contribution in [0.4, 0.5) is 11.5 Å². The summed E-state index contributed by atoms with van der Waals surface area (Å²) in [5.41, 5.74) is 1.67. The molecule has 1 unspecified atom stereocenters. The Morgan fingerprint density at radius 2 is 2.00 bits per heavy atom. The fourth-order valence-corrected chi connectivity index (χ4v) is 3.76. The number of carbonyl (C=O) groups excluding carboxylic acids is 2. The van der Waals surface area contributed by atoms with Gasteiger partial charge in [-0.15, -0.1) is 0 Å². The van der Waals surface area contributed by atoms with Crippen molar-refractivity contribution in [2.45, 2.75) is 23.5 Å². The highest BCUT2D eigenvalue weighted by Crippen LogP contribution is 2.45. The Labute approximate surface area is 139 Å². The van der Waals surface area contributed by atoms with E-state index in [9.17, 15) is 9.59 Å². The molecule has 0 saturated heterocycles. The van der Waals surface area contributed by atoms with Gasteiger partial charge < -0.3 is 10.2 Å². The van der Waals surface area contributed by atoms with Gasteiger partial charge in [0, 0.05) is 18.1 Å². The number of para-hydroxylation sites is 1. The number of nitrogens with zero attached hydrogens (tertiary/aromatic N) is 2. The number of fused-ring (bicyclic) bond motifs is 1. The summed E-state index contributed by atoms with van der Waals surface area (Å²) in [6.07, 6.45) is 1.61. The molecule has 23 heavy (non-hydrogen) atoms. The molecule has 1 aromatic carbocycles. The third-order valence-corrected chi connectivity index (χ3v) is 5.26. The van der Waals surface area contributed by atoms with E-state index in [4.69, 9.17) is 0 Å². The Morgan fingerprint density at radius 1 is 1.26 bits per heavy atom. The first kappa shape index (κ1) is 15.6. The van der Waals surface area contributed by atoms with E-state index in [-0.39, 0.29) is 11.8 Å². The lowest BCUT2D eigenvalue weighted by molar-refractivity contribution is -0.128. The van der Waals surface area contributed by atoms with Crippen molar-refractivity contribution >= 4 is 35.1 Å². The molecule has 1 aliphatic heterocycles. The van der Waals surface area contributed by atoms with Crippen LogP contribution >= 0.6 is 11.8 Å². The summed E-state index contributed by atoms with van der Waals surface area (Å²) >= 11 is 1.27. The van der Waals surface area contributed by atoms with E-state index in [1.807, 2.05) is 37.3 Å². The molecule has 1 aromatic heterocycles. The van der Waals surface area contributed by atoms with Crippen LogP contribution < -0.4 is 10.2 Å². The zero-order chi connectivity index (χ0) is 16.6. The second kappa shape index (κ2) is 5.70. The molecule has 1 N–H and O–H groups in total. The largest absolute Gasteiger partial charge is 0.313 e. The van der Waals surface area contributed by atoms with Gasteiger partial charge in [-0.2, -0.15) is 0 Å². The quantitative estimate of drug-likeness (QED) is 0.862. The van der Waals surface area contributed by atoms with Crippen molar-refractivity contribution in [1.29, 1.82) is 0 Å². The molecule has 2 heterocycles. The van der Waals surface area contributed by atoms with Gasteiger partial charge in [-0.3, -0.25) is 9.59 Å². The molecule has 0 saturated carbocycles. The summed E-state index contributed by atoms with van der Waals surface area (Å²) in [5.74, 6) is -0.128. The van der Waals surface area contributed by atoms with Crippen LogP contribution in [-0.2, 0) is 9.59 Å². The lowest BCUT2D eigenvalue weighted by Crippen LogP contribution is -2.53. The lowest BCUT2D eigenvalue weighted by Gasteiger charge is -2.36. The minimum absolute atomic E-state index is 0.243. The Bertz CT molecular complexity index is 793. The van der Waals surface area contributed by atoms with Gasteiger partial charge in [0.05, 0.1) is 5.69 Å². The Morgan fingerprint density at radius 3 is 2.74 bits per heavy atom. The number of aromatic nitrogens is 1. The van der Waals surface area contributed by atoms with Crippen molar-refractivity contribution in [3.63, 3.8) is 0 Å².